The number of likely N-dealkylation sites (tertiary alicyclic amines) is 1. The third-order valence-corrected chi connectivity index (χ3v) is 3.19. The molecular weight excluding hydrogens is 185 g/mol. The molecule has 0 bridgehead atoms. The van der Waals surface area contributed by atoms with Crippen LogP contribution in [0.4, 0.5) is 0 Å². The molecule has 3 nitrogen and oxygen atoms in total. The molecule has 78 valence electrons. The van der Waals surface area contributed by atoms with Gasteiger partial charge in [0.05, 0.1) is 6.10 Å². The molecule has 0 unspecified atom stereocenters. The fourth-order valence-corrected chi connectivity index (χ4v) is 2.62. The summed E-state index contributed by atoms with van der Waals surface area (Å²) in [5.41, 5.74) is 0. The van der Waals surface area contributed by atoms with Gasteiger partial charge in [-0.05, 0) is 19.4 Å². The summed E-state index contributed by atoms with van der Waals surface area (Å²) >= 11 is 0. The Labute approximate surface area is 80.9 Å². The van der Waals surface area contributed by atoms with E-state index in [2.05, 4.69) is 11.8 Å². The molecule has 0 amide bonds. The second kappa shape index (κ2) is 4.59. The van der Waals surface area contributed by atoms with Crippen molar-refractivity contribution >= 4 is 7.37 Å². The Hall–Kier alpha value is 0.150. The Morgan fingerprint density at radius 1 is 1.38 bits per heavy atom. The van der Waals surface area contributed by atoms with Crippen LogP contribution in [0.1, 0.15) is 19.8 Å². The maximum Gasteiger partial charge on any atom is 0.197 e. The van der Waals surface area contributed by atoms with E-state index in [1.807, 2.05) is 0 Å². The lowest BCUT2D eigenvalue weighted by Crippen LogP contribution is -2.36. The van der Waals surface area contributed by atoms with E-state index in [-0.39, 0.29) is 6.10 Å². The molecule has 0 aromatic carbocycles. The van der Waals surface area contributed by atoms with E-state index in [9.17, 15) is 4.57 Å². The van der Waals surface area contributed by atoms with Gasteiger partial charge in [-0.3, -0.25) is 4.57 Å². The van der Waals surface area contributed by atoms with Gasteiger partial charge in [-0.2, -0.15) is 0 Å². The Morgan fingerprint density at radius 3 is 2.31 bits per heavy atom. The Morgan fingerprint density at radius 2 is 1.92 bits per heavy atom. The Balaban J connectivity index is 2.29. The van der Waals surface area contributed by atoms with E-state index in [0.717, 1.165) is 32.5 Å². The largest absolute Gasteiger partial charge is 0.325 e. The quantitative estimate of drug-likeness (QED) is 0.660. The number of hydrogen-bond acceptors (Lipinski definition) is 3. The Kier molecular flexibility index (Phi) is 3.96. The van der Waals surface area contributed by atoms with Gasteiger partial charge in [0.25, 0.3) is 0 Å². The van der Waals surface area contributed by atoms with E-state index in [4.69, 9.17) is 4.52 Å². The van der Waals surface area contributed by atoms with Crippen molar-refractivity contribution in [2.75, 3.05) is 33.0 Å². The van der Waals surface area contributed by atoms with Crippen LogP contribution in [0.15, 0.2) is 0 Å². The third kappa shape index (κ3) is 4.26. The summed E-state index contributed by atoms with van der Waals surface area (Å²) in [6.07, 6.45) is 2.28. The van der Waals surface area contributed by atoms with Crippen LogP contribution in [-0.2, 0) is 9.09 Å². The van der Waals surface area contributed by atoms with Crippen LogP contribution >= 0.6 is 7.37 Å². The molecule has 0 aliphatic carbocycles. The highest BCUT2D eigenvalue weighted by atomic mass is 31.2. The molecule has 0 radical (unpaired) electrons. The van der Waals surface area contributed by atoms with Crippen molar-refractivity contribution in [3.05, 3.63) is 0 Å². The highest BCUT2D eigenvalue weighted by Crippen LogP contribution is 2.40. The van der Waals surface area contributed by atoms with Crippen molar-refractivity contribution in [3.63, 3.8) is 0 Å². The molecule has 0 atom stereocenters. The summed E-state index contributed by atoms with van der Waals surface area (Å²) in [6, 6.07) is 0. The van der Waals surface area contributed by atoms with E-state index in [1.165, 1.54) is 0 Å². The second-order valence-electron chi connectivity index (χ2n) is 3.99. The smallest absolute Gasteiger partial charge is 0.197 e. The molecular formula is C9H20NO2P. The molecule has 0 aromatic heterocycles. The summed E-state index contributed by atoms with van der Waals surface area (Å²) in [5, 5.41) is 0. The number of nitrogens with zero attached hydrogens (tertiary/aromatic N) is 1. The van der Waals surface area contributed by atoms with Crippen molar-refractivity contribution in [1.29, 1.82) is 0 Å². The molecule has 4 heteroatoms. The van der Waals surface area contributed by atoms with Gasteiger partial charge in [-0.1, -0.05) is 6.92 Å². The molecule has 0 N–H and O–H groups in total. The fraction of sp³-hybridized carbons (Fsp3) is 1.00. The maximum atomic E-state index is 11.4. The molecule has 1 fully saturated rings. The number of piperidine rings is 1. The van der Waals surface area contributed by atoms with Gasteiger partial charge in [0, 0.05) is 26.4 Å². The van der Waals surface area contributed by atoms with Crippen LogP contribution in [0.5, 0.6) is 0 Å². The second-order valence-corrected chi connectivity index (χ2v) is 6.71. The lowest BCUT2D eigenvalue weighted by Gasteiger charge is -2.31. The standard InChI is InChI=1S/C9H20NO2P/c1-4-10-7-5-9(6-8-10)12-13(2,3)11/h9H,4-8H2,1-3H3. The fourth-order valence-electron chi connectivity index (χ4n) is 1.69. The van der Waals surface area contributed by atoms with Gasteiger partial charge in [0.15, 0.2) is 7.37 Å². The first-order valence-electron chi connectivity index (χ1n) is 4.97. The average molecular weight is 205 g/mol. The van der Waals surface area contributed by atoms with E-state index in [0.29, 0.717) is 0 Å². The van der Waals surface area contributed by atoms with Crippen molar-refractivity contribution in [1.82, 2.24) is 4.90 Å². The van der Waals surface area contributed by atoms with Crippen molar-refractivity contribution < 1.29 is 9.09 Å². The van der Waals surface area contributed by atoms with Crippen LogP contribution < -0.4 is 0 Å². The predicted molar refractivity (Wildman–Crippen MR) is 55.7 cm³/mol. The first-order chi connectivity index (χ1) is 6.01. The van der Waals surface area contributed by atoms with Gasteiger partial charge in [0.1, 0.15) is 0 Å². The molecule has 0 spiro atoms. The Bertz CT molecular complexity index is 194. The van der Waals surface area contributed by atoms with Crippen LogP contribution in [0.3, 0.4) is 0 Å². The van der Waals surface area contributed by atoms with Gasteiger partial charge in [0.2, 0.25) is 0 Å². The lowest BCUT2D eigenvalue weighted by atomic mass is 10.1. The van der Waals surface area contributed by atoms with Crippen molar-refractivity contribution in [2.24, 2.45) is 0 Å². The van der Waals surface area contributed by atoms with Crippen LogP contribution in [0.2, 0.25) is 0 Å². The molecule has 0 aromatic rings. The minimum absolute atomic E-state index is 0.226. The van der Waals surface area contributed by atoms with E-state index >= 15 is 0 Å². The summed E-state index contributed by atoms with van der Waals surface area (Å²) in [6.45, 7) is 8.84. The highest BCUT2D eigenvalue weighted by Gasteiger charge is 2.22. The van der Waals surface area contributed by atoms with Gasteiger partial charge >= 0.3 is 0 Å². The molecule has 1 aliphatic rings. The molecule has 1 aliphatic heterocycles. The molecule has 1 saturated heterocycles. The lowest BCUT2D eigenvalue weighted by molar-refractivity contribution is 0.108. The van der Waals surface area contributed by atoms with E-state index < -0.39 is 7.37 Å². The van der Waals surface area contributed by atoms with Crippen LogP contribution in [0, 0.1) is 0 Å². The van der Waals surface area contributed by atoms with Gasteiger partial charge in [-0.15, -0.1) is 0 Å². The topological polar surface area (TPSA) is 29.5 Å². The first kappa shape index (κ1) is 11.2. The molecule has 1 rings (SSSR count). The SMILES string of the molecule is CCN1CCC(OP(C)(C)=O)CC1. The zero-order chi connectivity index (χ0) is 9.90. The molecule has 0 saturated carbocycles. The minimum atomic E-state index is -2.28. The van der Waals surface area contributed by atoms with Crippen molar-refractivity contribution in [3.8, 4) is 0 Å². The number of rotatable bonds is 3. The van der Waals surface area contributed by atoms with Crippen LogP contribution in [0.25, 0.3) is 0 Å². The maximum absolute atomic E-state index is 11.4. The summed E-state index contributed by atoms with van der Waals surface area (Å²) in [7, 11) is -2.28. The zero-order valence-corrected chi connectivity index (χ0v) is 9.72. The summed E-state index contributed by atoms with van der Waals surface area (Å²) in [4.78, 5) is 2.40. The minimum Gasteiger partial charge on any atom is -0.325 e. The predicted octanol–water partition coefficient (Wildman–Crippen LogP) is 2.02. The number of hydrogen-bond donors (Lipinski definition) is 0. The monoisotopic (exact) mass is 205 g/mol. The van der Waals surface area contributed by atoms with Crippen molar-refractivity contribution in [2.45, 2.75) is 25.9 Å². The average Bonchev–Trinajstić information content (AvgIpc) is 2.03. The van der Waals surface area contributed by atoms with Crippen LogP contribution in [-0.4, -0.2) is 44.0 Å². The normalized spacial score (nSPS) is 22.1. The summed E-state index contributed by atoms with van der Waals surface area (Å²) < 4.78 is 16.9. The highest BCUT2D eigenvalue weighted by molar-refractivity contribution is 7.57. The van der Waals surface area contributed by atoms with Gasteiger partial charge < -0.3 is 9.42 Å². The first-order valence-corrected chi connectivity index (χ1v) is 7.49. The molecule has 13 heavy (non-hydrogen) atoms. The molecule has 1 heterocycles. The third-order valence-electron chi connectivity index (χ3n) is 2.38. The summed E-state index contributed by atoms with van der Waals surface area (Å²) in [5.74, 6) is 0. The zero-order valence-electron chi connectivity index (χ0n) is 8.82. The van der Waals surface area contributed by atoms with E-state index in [1.54, 1.807) is 13.3 Å². The van der Waals surface area contributed by atoms with Gasteiger partial charge in [-0.25, -0.2) is 0 Å².